The highest BCUT2D eigenvalue weighted by atomic mass is 32.2. The fourth-order valence-electron chi connectivity index (χ4n) is 1.46. The lowest BCUT2D eigenvalue weighted by molar-refractivity contribution is 0.167. The van der Waals surface area contributed by atoms with Crippen LogP contribution in [0.3, 0.4) is 0 Å². The Bertz CT molecular complexity index is 526. The van der Waals surface area contributed by atoms with Crippen LogP contribution in [0.1, 0.15) is 6.92 Å². The summed E-state index contributed by atoms with van der Waals surface area (Å²) in [5.41, 5.74) is 1.52. The van der Waals surface area contributed by atoms with E-state index in [0.717, 1.165) is 5.57 Å². The number of benzene rings is 1. The number of sulfonamides is 1. The average Bonchev–Trinajstić information content (AvgIpc) is 2.38. The van der Waals surface area contributed by atoms with E-state index in [0.29, 0.717) is 25.4 Å². The molecule has 2 N–H and O–H groups in total. The first-order valence-corrected chi connectivity index (χ1v) is 7.44. The number of anilines is 1. The molecule has 6 heteroatoms. The number of rotatable bonds is 8. The Kier molecular flexibility index (Phi) is 6.01. The molecule has 0 amide bonds. The topological polar surface area (TPSA) is 67.4 Å². The Labute approximate surface area is 114 Å². The molecule has 0 fully saturated rings. The lowest BCUT2D eigenvalue weighted by atomic mass is 10.3. The zero-order valence-electron chi connectivity index (χ0n) is 11.3. The minimum absolute atomic E-state index is 0.234. The monoisotopic (exact) mass is 284 g/mol. The van der Waals surface area contributed by atoms with Crippen molar-refractivity contribution in [1.29, 1.82) is 0 Å². The molecule has 0 saturated carbocycles. The van der Waals surface area contributed by atoms with Gasteiger partial charge >= 0.3 is 0 Å². The van der Waals surface area contributed by atoms with E-state index in [9.17, 15) is 8.42 Å². The molecule has 0 aliphatic rings. The van der Waals surface area contributed by atoms with Crippen LogP contribution in [0.25, 0.3) is 0 Å². The van der Waals surface area contributed by atoms with Crippen LogP contribution in [-0.4, -0.2) is 35.2 Å². The van der Waals surface area contributed by atoms with Crippen molar-refractivity contribution < 1.29 is 13.2 Å². The first-order chi connectivity index (χ1) is 8.97. The maximum absolute atomic E-state index is 11.8. The van der Waals surface area contributed by atoms with Crippen molar-refractivity contribution in [3.05, 3.63) is 36.4 Å². The molecule has 0 radical (unpaired) electrons. The summed E-state index contributed by atoms with van der Waals surface area (Å²) in [6.07, 6.45) is 0. The third-order valence-electron chi connectivity index (χ3n) is 2.36. The summed E-state index contributed by atoms with van der Waals surface area (Å²) in [7, 11) is -2.06. The third kappa shape index (κ3) is 5.02. The lowest BCUT2D eigenvalue weighted by Crippen LogP contribution is -2.21. The summed E-state index contributed by atoms with van der Waals surface area (Å²) in [6, 6.07) is 6.75. The van der Waals surface area contributed by atoms with Gasteiger partial charge in [-0.15, -0.1) is 0 Å². The van der Waals surface area contributed by atoms with Gasteiger partial charge in [0.1, 0.15) is 4.90 Å². The van der Waals surface area contributed by atoms with Crippen molar-refractivity contribution in [1.82, 2.24) is 4.72 Å². The summed E-state index contributed by atoms with van der Waals surface area (Å²) in [6.45, 7) is 7.16. The molecule has 0 aliphatic carbocycles. The van der Waals surface area contributed by atoms with Gasteiger partial charge in [-0.3, -0.25) is 0 Å². The minimum atomic E-state index is -3.45. The maximum Gasteiger partial charge on any atom is 0.242 e. The van der Waals surface area contributed by atoms with Gasteiger partial charge in [0.15, 0.2) is 0 Å². The summed E-state index contributed by atoms with van der Waals surface area (Å²) in [4.78, 5) is 0.234. The molecule has 106 valence electrons. The second-order valence-electron chi connectivity index (χ2n) is 4.14. The van der Waals surface area contributed by atoms with Gasteiger partial charge in [0, 0.05) is 6.54 Å². The Morgan fingerprint density at radius 1 is 1.37 bits per heavy atom. The quantitative estimate of drug-likeness (QED) is 0.562. The van der Waals surface area contributed by atoms with Crippen molar-refractivity contribution in [3.63, 3.8) is 0 Å². The molecule has 0 spiro atoms. The molecule has 0 aliphatic heterocycles. The van der Waals surface area contributed by atoms with Gasteiger partial charge < -0.3 is 10.1 Å². The molecule has 0 heterocycles. The standard InChI is InChI=1S/C13H20N2O3S/c1-11(2)10-18-9-8-15-12-6-4-5-7-13(12)19(16,17)14-3/h4-7,14-15H,1,8-10H2,2-3H3. The molecule has 0 saturated heterocycles. The van der Waals surface area contributed by atoms with E-state index in [-0.39, 0.29) is 4.90 Å². The highest BCUT2D eigenvalue weighted by Crippen LogP contribution is 2.19. The second-order valence-corrected chi connectivity index (χ2v) is 6.00. The molecule has 0 bridgehead atoms. The zero-order chi connectivity index (χ0) is 14.3. The Hall–Kier alpha value is -1.37. The predicted molar refractivity (Wildman–Crippen MR) is 76.8 cm³/mol. The first-order valence-electron chi connectivity index (χ1n) is 5.96. The molecule has 19 heavy (non-hydrogen) atoms. The van der Waals surface area contributed by atoms with Gasteiger partial charge in [-0.25, -0.2) is 13.1 Å². The van der Waals surface area contributed by atoms with Crippen LogP contribution in [0, 0.1) is 0 Å². The summed E-state index contributed by atoms with van der Waals surface area (Å²) >= 11 is 0. The number of para-hydroxylation sites is 1. The van der Waals surface area contributed by atoms with E-state index in [1.54, 1.807) is 24.3 Å². The molecule has 1 aromatic carbocycles. The van der Waals surface area contributed by atoms with E-state index >= 15 is 0 Å². The van der Waals surface area contributed by atoms with Crippen molar-refractivity contribution in [3.8, 4) is 0 Å². The predicted octanol–water partition coefficient (Wildman–Crippen LogP) is 1.60. The summed E-state index contributed by atoms with van der Waals surface area (Å²) < 4.78 is 31.3. The van der Waals surface area contributed by atoms with Crippen molar-refractivity contribution in [2.75, 3.05) is 32.1 Å². The number of hydrogen-bond acceptors (Lipinski definition) is 4. The zero-order valence-corrected chi connectivity index (χ0v) is 12.1. The van der Waals surface area contributed by atoms with Gasteiger partial charge in [-0.2, -0.15) is 0 Å². The van der Waals surface area contributed by atoms with Crippen molar-refractivity contribution in [2.24, 2.45) is 0 Å². The molecular weight excluding hydrogens is 264 g/mol. The van der Waals surface area contributed by atoms with E-state index in [4.69, 9.17) is 4.74 Å². The van der Waals surface area contributed by atoms with Gasteiger partial charge in [0.2, 0.25) is 10.0 Å². The van der Waals surface area contributed by atoms with E-state index in [2.05, 4.69) is 16.6 Å². The van der Waals surface area contributed by atoms with Crippen LogP contribution in [-0.2, 0) is 14.8 Å². The molecule has 1 aromatic rings. The Morgan fingerprint density at radius 2 is 2.05 bits per heavy atom. The first kappa shape index (κ1) is 15.7. The van der Waals surface area contributed by atoms with E-state index < -0.39 is 10.0 Å². The largest absolute Gasteiger partial charge is 0.382 e. The smallest absolute Gasteiger partial charge is 0.242 e. The Morgan fingerprint density at radius 3 is 2.68 bits per heavy atom. The lowest BCUT2D eigenvalue weighted by Gasteiger charge is -2.12. The van der Waals surface area contributed by atoms with Gasteiger partial charge in [0.25, 0.3) is 0 Å². The minimum Gasteiger partial charge on any atom is -0.382 e. The fourth-order valence-corrected chi connectivity index (χ4v) is 2.37. The molecule has 0 aromatic heterocycles. The van der Waals surface area contributed by atoms with E-state index in [1.807, 2.05) is 6.92 Å². The highest BCUT2D eigenvalue weighted by Gasteiger charge is 2.15. The van der Waals surface area contributed by atoms with Crippen LogP contribution in [0.15, 0.2) is 41.3 Å². The number of hydrogen-bond donors (Lipinski definition) is 2. The number of nitrogens with one attached hydrogen (secondary N) is 2. The van der Waals surface area contributed by atoms with E-state index in [1.165, 1.54) is 7.05 Å². The molecule has 0 unspecified atom stereocenters. The van der Waals surface area contributed by atoms with Crippen LogP contribution >= 0.6 is 0 Å². The fraction of sp³-hybridized carbons (Fsp3) is 0.385. The van der Waals surface area contributed by atoms with Gasteiger partial charge in [0.05, 0.1) is 18.9 Å². The van der Waals surface area contributed by atoms with Crippen LogP contribution in [0.2, 0.25) is 0 Å². The average molecular weight is 284 g/mol. The summed E-state index contributed by atoms with van der Waals surface area (Å²) in [5.74, 6) is 0. The van der Waals surface area contributed by atoms with Gasteiger partial charge in [-0.1, -0.05) is 24.3 Å². The molecular formula is C13H20N2O3S. The second kappa shape index (κ2) is 7.28. The van der Waals surface area contributed by atoms with Crippen LogP contribution in [0.4, 0.5) is 5.69 Å². The van der Waals surface area contributed by atoms with Gasteiger partial charge in [-0.05, 0) is 26.1 Å². The molecule has 0 atom stereocenters. The maximum atomic E-state index is 11.8. The van der Waals surface area contributed by atoms with Crippen LogP contribution in [0.5, 0.6) is 0 Å². The van der Waals surface area contributed by atoms with Crippen LogP contribution < -0.4 is 10.0 Å². The normalized spacial score (nSPS) is 11.3. The number of ether oxygens (including phenoxy) is 1. The third-order valence-corrected chi connectivity index (χ3v) is 3.83. The highest BCUT2D eigenvalue weighted by molar-refractivity contribution is 7.89. The van der Waals surface area contributed by atoms with Crippen molar-refractivity contribution in [2.45, 2.75) is 11.8 Å². The molecule has 5 nitrogen and oxygen atoms in total. The SMILES string of the molecule is C=C(C)COCCNc1ccccc1S(=O)(=O)NC. The molecule has 1 rings (SSSR count). The Balaban J connectivity index is 2.62. The van der Waals surface area contributed by atoms with Crippen molar-refractivity contribution >= 4 is 15.7 Å². The summed E-state index contributed by atoms with van der Waals surface area (Å²) in [5, 5.41) is 3.05.